The highest BCUT2D eigenvalue weighted by Gasteiger charge is 2.43. The van der Waals surface area contributed by atoms with Crippen LogP contribution in [-0.2, 0) is 0 Å². The van der Waals surface area contributed by atoms with Crippen molar-refractivity contribution >= 4 is 0 Å². The second-order valence-electron chi connectivity index (χ2n) is 5.71. The molecule has 0 heterocycles. The monoisotopic (exact) mass is 252 g/mol. The zero-order valence-electron chi connectivity index (χ0n) is 10.1. The predicted octanol–water partition coefficient (Wildman–Crippen LogP) is 4.19. The van der Waals surface area contributed by atoms with E-state index in [0.717, 1.165) is 0 Å². The van der Waals surface area contributed by atoms with E-state index in [0.29, 0.717) is 12.8 Å². The number of rotatable bonds is 1. The van der Waals surface area contributed by atoms with Gasteiger partial charge in [0.05, 0.1) is 0 Å². The SMILES string of the molecule is CC1C(F)CC(C2CCC(F)CC2F)CC1F. The molecule has 4 heteroatoms. The zero-order valence-corrected chi connectivity index (χ0v) is 10.1. The van der Waals surface area contributed by atoms with Crippen molar-refractivity contribution in [1.82, 2.24) is 0 Å². The highest BCUT2D eigenvalue weighted by atomic mass is 19.2. The van der Waals surface area contributed by atoms with Gasteiger partial charge in [0.25, 0.3) is 0 Å². The van der Waals surface area contributed by atoms with E-state index in [1.54, 1.807) is 6.92 Å². The van der Waals surface area contributed by atoms with Gasteiger partial charge in [-0.05, 0) is 37.5 Å². The maximum absolute atomic E-state index is 13.7. The molecule has 0 aromatic rings. The van der Waals surface area contributed by atoms with Crippen LogP contribution in [0.4, 0.5) is 17.6 Å². The Hall–Kier alpha value is -0.280. The van der Waals surface area contributed by atoms with Gasteiger partial charge in [-0.25, -0.2) is 17.6 Å². The summed E-state index contributed by atoms with van der Waals surface area (Å²) in [6, 6.07) is 0. The Labute approximate surface area is 99.8 Å². The van der Waals surface area contributed by atoms with Crippen LogP contribution >= 0.6 is 0 Å². The summed E-state index contributed by atoms with van der Waals surface area (Å²) < 4.78 is 54.0. The lowest BCUT2D eigenvalue weighted by Gasteiger charge is -2.40. The van der Waals surface area contributed by atoms with Gasteiger partial charge in [0.15, 0.2) is 0 Å². The molecular weight excluding hydrogens is 232 g/mol. The Kier molecular flexibility index (Phi) is 3.99. The summed E-state index contributed by atoms with van der Waals surface area (Å²) in [5, 5.41) is 0. The molecule has 0 saturated heterocycles. The van der Waals surface area contributed by atoms with E-state index in [2.05, 4.69) is 0 Å². The van der Waals surface area contributed by atoms with Crippen molar-refractivity contribution in [3.8, 4) is 0 Å². The Bertz CT molecular complexity index is 246. The Morgan fingerprint density at radius 3 is 1.88 bits per heavy atom. The highest BCUT2D eigenvalue weighted by molar-refractivity contribution is 4.92. The van der Waals surface area contributed by atoms with Crippen LogP contribution < -0.4 is 0 Å². The molecule has 0 bridgehead atoms. The molecular formula is C13H20F4. The predicted molar refractivity (Wildman–Crippen MR) is 58.8 cm³/mol. The van der Waals surface area contributed by atoms with Gasteiger partial charge in [0.1, 0.15) is 24.7 Å². The van der Waals surface area contributed by atoms with Crippen molar-refractivity contribution in [3.63, 3.8) is 0 Å². The first kappa shape index (κ1) is 13.2. The fraction of sp³-hybridized carbons (Fsp3) is 1.00. The summed E-state index contributed by atoms with van der Waals surface area (Å²) in [5.74, 6) is -1.17. The summed E-state index contributed by atoms with van der Waals surface area (Å²) in [7, 11) is 0. The van der Waals surface area contributed by atoms with Crippen LogP contribution in [0.2, 0.25) is 0 Å². The van der Waals surface area contributed by atoms with Gasteiger partial charge < -0.3 is 0 Å². The molecule has 100 valence electrons. The van der Waals surface area contributed by atoms with Crippen molar-refractivity contribution in [2.45, 2.75) is 63.7 Å². The molecule has 5 unspecified atom stereocenters. The smallest absolute Gasteiger partial charge is 0.106 e. The fourth-order valence-corrected chi connectivity index (χ4v) is 3.30. The quantitative estimate of drug-likeness (QED) is 0.614. The molecule has 0 radical (unpaired) electrons. The first-order valence-corrected chi connectivity index (χ1v) is 6.55. The second-order valence-corrected chi connectivity index (χ2v) is 5.71. The number of halogens is 4. The Morgan fingerprint density at radius 2 is 1.35 bits per heavy atom. The van der Waals surface area contributed by atoms with E-state index in [9.17, 15) is 17.6 Å². The largest absolute Gasteiger partial charge is 0.247 e. The number of hydrogen-bond acceptors (Lipinski definition) is 0. The van der Waals surface area contributed by atoms with E-state index in [4.69, 9.17) is 0 Å². The summed E-state index contributed by atoms with van der Waals surface area (Å²) in [4.78, 5) is 0. The first-order valence-electron chi connectivity index (χ1n) is 6.55. The van der Waals surface area contributed by atoms with Crippen LogP contribution in [0.3, 0.4) is 0 Å². The fourth-order valence-electron chi connectivity index (χ4n) is 3.30. The Morgan fingerprint density at radius 1 is 0.765 bits per heavy atom. The lowest BCUT2D eigenvalue weighted by Crippen LogP contribution is -2.41. The molecule has 2 fully saturated rings. The summed E-state index contributed by atoms with van der Waals surface area (Å²) in [5.41, 5.74) is 0. The molecule has 0 aromatic heterocycles. The van der Waals surface area contributed by atoms with Crippen molar-refractivity contribution < 1.29 is 17.6 Å². The third kappa shape index (κ3) is 2.76. The molecule has 0 N–H and O–H groups in total. The first-order chi connectivity index (χ1) is 7.99. The molecule has 17 heavy (non-hydrogen) atoms. The van der Waals surface area contributed by atoms with Crippen molar-refractivity contribution in [3.05, 3.63) is 0 Å². The van der Waals surface area contributed by atoms with Gasteiger partial charge in [-0.1, -0.05) is 6.92 Å². The maximum Gasteiger partial charge on any atom is 0.106 e. The lowest BCUT2D eigenvalue weighted by atomic mass is 9.69. The average Bonchev–Trinajstić information content (AvgIpc) is 2.25. The van der Waals surface area contributed by atoms with Gasteiger partial charge in [0, 0.05) is 12.3 Å². The van der Waals surface area contributed by atoms with Crippen molar-refractivity contribution in [1.29, 1.82) is 0 Å². The normalized spacial score (nSPS) is 52.4. The summed E-state index contributed by atoms with van der Waals surface area (Å²) in [6.45, 7) is 1.57. The van der Waals surface area contributed by atoms with E-state index in [1.807, 2.05) is 0 Å². The van der Waals surface area contributed by atoms with Crippen LogP contribution in [0, 0.1) is 17.8 Å². The van der Waals surface area contributed by atoms with Crippen LogP contribution in [0.25, 0.3) is 0 Å². The van der Waals surface area contributed by atoms with Gasteiger partial charge in [-0.2, -0.15) is 0 Å². The molecule has 0 aromatic carbocycles. The minimum absolute atomic E-state index is 0.0926. The van der Waals surface area contributed by atoms with Crippen LogP contribution in [0.5, 0.6) is 0 Å². The molecule has 0 aliphatic heterocycles. The van der Waals surface area contributed by atoms with Gasteiger partial charge in [0.2, 0.25) is 0 Å². The minimum atomic E-state index is -1.23. The molecule has 2 saturated carbocycles. The second kappa shape index (κ2) is 5.15. The summed E-state index contributed by atoms with van der Waals surface area (Å²) in [6.07, 6.45) is -3.51. The van der Waals surface area contributed by atoms with Crippen LogP contribution in [0.15, 0.2) is 0 Å². The highest BCUT2D eigenvalue weighted by Crippen LogP contribution is 2.43. The third-order valence-corrected chi connectivity index (χ3v) is 4.56. The molecule has 2 rings (SSSR count). The van der Waals surface area contributed by atoms with Gasteiger partial charge >= 0.3 is 0 Å². The average molecular weight is 252 g/mol. The van der Waals surface area contributed by atoms with Crippen LogP contribution in [0.1, 0.15) is 39.0 Å². The molecule has 2 aliphatic rings. The number of hydrogen-bond donors (Lipinski definition) is 0. The van der Waals surface area contributed by atoms with Gasteiger partial charge in [-0.3, -0.25) is 0 Å². The summed E-state index contributed by atoms with van der Waals surface area (Å²) >= 11 is 0. The van der Waals surface area contributed by atoms with Crippen molar-refractivity contribution in [2.75, 3.05) is 0 Å². The minimum Gasteiger partial charge on any atom is -0.247 e. The Balaban J connectivity index is 1.98. The molecule has 0 amide bonds. The van der Waals surface area contributed by atoms with E-state index < -0.39 is 30.6 Å². The molecule has 0 spiro atoms. The molecule has 2 aliphatic carbocycles. The molecule has 5 atom stereocenters. The standard InChI is InChI=1S/C13H20F4/c1-7-11(15)4-8(5-12(7)16)10-3-2-9(14)6-13(10)17/h7-13H,2-6H2,1H3. The van der Waals surface area contributed by atoms with E-state index >= 15 is 0 Å². The van der Waals surface area contributed by atoms with E-state index in [1.165, 1.54) is 0 Å². The van der Waals surface area contributed by atoms with Gasteiger partial charge in [-0.15, -0.1) is 0 Å². The lowest BCUT2D eigenvalue weighted by molar-refractivity contribution is -0.00762. The van der Waals surface area contributed by atoms with Crippen LogP contribution in [-0.4, -0.2) is 24.7 Å². The molecule has 0 nitrogen and oxygen atoms in total. The maximum atomic E-state index is 13.7. The zero-order chi connectivity index (χ0) is 12.6. The third-order valence-electron chi connectivity index (χ3n) is 4.56. The van der Waals surface area contributed by atoms with E-state index in [-0.39, 0.29) is 31.1 Å². The number of alkyl halides is 4. The van der Waals surface area contributed by atoms with Crippen molar-refractivity contribution in [2.24, 2.45) is 17.8 Å². The topological polar surface area (TPSA) is 0 Å².